The van der Waals surface area contributed by atoms with Gasteiger partial charge in [-0.25, -0.2) is 0 Å². The van der Waals surface area contributed by atoms with Crippen LogP contribution in [0.2, 0.25) is 0 Å². The van der Waals surface area contributed by atoms with Gasteiger partial charge in [-0.2, -0.15) is 11.8 Å². The number of carbonyl (C=O) groups is 2. The normalized spacial score (nSPS) is 21.1. The maximum Gasteiger partial charge on any atom is 0.231 e. The minimum atomic E-state index is -0.352. The minimum absolute atomic E-state index is 0.0157. The molecule has 2 atom stereocenters. The number of hydrogen-bond donors (Lipinski definition) is 2. The highest BCUT2D eigenvalue weighted by Gasteiger charge is 2.35. The largest absolute Gasteiger partial charge is 0.497 e. The van der Waals surface area contributed by atoms with E-state index in [2.05, 4.69) is 5.32 Å². The average Bonchev–Trinajstić information content (AvgIpc) is 2.89. The van der Waals surface area contributed by atoms with Gasteiger partial charge in [-0.1, -0.05) is 12.1 Å². The van der Waals surface area contributed by atoms with Gasteiger partial charge in [0.25, 0.3) is 0 Å². The Morgan fingerprint density at radius 3 is 2.61 bits per heavy atom. The molecule has 0 aliphatic carbocycles. The Bertz CT molecular complexity index is 550. The lowest BCUT2D eigenvalue weighted by molar-refractivity contribution is -0.119. The summed E-state index contributed by atoms with van der Waals surface area (Å²) < 4.78 is 5.18. The molecule has 2 rings (SSSR count). The molecule has 0 unspecified atom stereocenters. The summed E-state index contributed by atoms with van der Waals surface area (Å²) in [5.74, 6) is 1.02. The first kappa shape index (κ1) is 17.6. The monoisotopic (exact) mass is 337 g/mol. The predicted molar refractivity (Wildman–Crippen MR) is 91.7 cm³/mol. The lowest BCUT2D eigenvalue weighted by atomic mass is 9.94. The molecular weight excluding hydrogens is 314 g/mol. The van der Waals surface area contributed by atoms with Crippen molar-refractivity contribution >= 4 is 23.6 Å². The van der Waals surface area contributed by atoms with Crippen LogP contribution in [0.1, 0.15) is 11.5 Å². The summed E-state index contributed by atoms with van der Waals surface area (Å²) in [4.78, 5) is 25.1. The van der Waals surface area contributed by atoms with Crippen molar-refractivity contribution in [2.24, 2.45) is 5.73 Å². The molecule has 1 aromatic carbocycles. The van der Waals surface area contributed by atoms with Gasteiger partial charge >= 0.3 is 0 Å². The third kappa shape index (κ3) is 4.87. The second-order valence-electron chi connectivity index (χ2n) is 5.65. The van der Waals surface area contributed by atoms with Crippen molar-refractivity contribution in [2.45, 2.75) is 12.0 Å². The van der Waals surface area contributed by atoms with E-state index in [1.54, 1.807) is 7.11 Å². The smallest absolute Gasteiger partial charge is 0.231 e. The van der Waals surface area contributed by atoms with Crippen LogP contribution < -0.4 is 15.8 Å². The molecular formula is C16H23N3O3S. The van der Waals surface area contributed by atoms with E-state index in [9.17, 15) is 9.59 Å². The van der Waals surface area contributed by atoms with Crippen LogP contribution in [0.5, 0.6) is 5.75 Å². The number of rotatable bonds is 7. The molecule has 3 N–H and O–H groups in total. The molecule has 0 saturated carbocycles. The second-order valence-corrected chi connectivity index (χ2v) is 6.51. The van der Waals surface area contributed by atoms with E-state index in [-0.39, 0.29) is 30.3 Å². The van der Waals surface area contributed by atoms with E-state index in [0.29, 0.717) is 18.8 Å². The highest BCUT2D eigenvalue weighted by atomic mass is 32.2. The number of ether oxygens (including phenoxy) is 1. The van der Waals surface area contributed by atoms with Crippen LogP contribution in [0.15, 0.2) is 24.3 Å². The van der Waals surface area contributed by atoms with Gasteiger partial charge in [-0.05, 0) is 24.0 Å². The molecule has 7 heteroatoms. The van der Waals surface area contributed by atoms with Crippen molar-refractivity contribution in [1.29, 1.82) is 0 Å². The van der Waals surface area contributed by atoms with E-state index in [4.69, 9.17) is 10.5 Å². The molecule has 0 spiro atoms. The minimum Gasteiger partial charge on any atom is -0.497 e. The molecule has 1 aromatic rings. The fraction of sp³-hybridized carbons (Fsp3) is 0.500. The molecule has 0 aromatic heterocycles. The lowest BCUT2D eigenvalue weighted by Gasteiger charge is -2.20. The number of carbonyl (C=O) groups excluding carboxylic acids is 2. The van der Waals surface area contributed by atoms with Crippen molar-refractivity contribution < 1.29 is 14.3 Å². The zero-order chi connectivity index (χ0) is 16.8. The molecule has 0 bridgehead atoms. The molecule has 2 amide bonds. The summed E-state index contributed by atoms with van der Waals surface area (Å²) in [7, 11) is 1.63. The summed E-state index contributed by atoms with van der Waals surface area (Å²) in [5.41, 5.74) is 6.42. The Labute approximate surface area is 140 Å². The molecule has 1 saturated heterocycles. The van der Waals surface area contributed by atoms with Crippen molar-refractivity contribution in [1.82, 2.24) is 10.2 Å². The van der Waals surface area contributed by atoms with Gasteiger partial charge in [0.2, 0.25) is 11.8 Å². The fourth-order valence-electron chi connectivity index (χ4n) is 2.95. The van der Waals surface area contributed by atoms with Crippen LogP contribution in [0.4, 0.5) is 0 Å². The Morgan fingerprint density at radius 2 is 2.04 bits per heavy atom. The van der Waals surface area contributed by atoms with E-state index in [1.807, 2.05) is 35.4 Å². The topological polar surface area (TPSA) is 84.7 Å². The number of benzene rings is 1. The van der Waals surface area contributed by atoms with Gasteiger partial charge in [0, 0.05) is 25.0 Å². The zero-order valence-electron chi connectivity index (χ0n) is 13.5. The number of nitrogens with two attached hydrogens (primary N) is 1. The molecule has 6 nitrogen and oxygen atoms in total. The number of hydrogen-bond acceptors (Lipinski definition) is 5. The maximum absolute atomic E-state index is 11.9. The quantitative estimate of drug-likeness (QED) is 0.754. The number of amides is 2. The highest BCUT2D eigenvalue weighted by Crippen LogP contribution is 2.29. The standard InChI is InChI=1S/C16H23N3O3S/c1-22-12-5-3-11(4-6-12)13-7-19(9-15(17)20)8-14(13)18-16(21)10-23-2/h3-6,13-14H,7-10H2,1-2H3,(H2,17,20)(H,18,21)/t13-,14+/m1/s1. The third-order valence-electron chi connectivity index (χ3n) is 3.94. The summed E-state index contributed by atoms with van der Waals surface area (Å²) >= 11 is 1.49. The summed E-state index contributed by atoms with van der Waals surface area (Å²) in [5, 5.41) is 3.08. The van der Waals surface area contributed by atoms with Crippen LogP contribution in [0.25, 0.3) is 0 Å². The zero-order valence-corrected chi connectivity index (χ0v) is 14.3. The van der Waals surface area contributed by atoms with Crippen LogP contribution in [-0.4, -0.2) is 61.5 Å². The number of nitrogens with zero attached hydrogens (tertiary/aromatic N) is 1. The highest BCUT2D eigenvalue weighted by molar-refractivity contribution is 7.99. The molecule has 1 heterocycles. The van der Waals surface area contributed by atoms with Crippen LogP contribution >= 0.6 is 11.8 Å². The van der Waals surface area contributed by atoms with Gasteiger partial charge < -0.3 is 15.8 Å². The van der Waals surface area contributed by atoms with E-state index in [1.165, 1.54) is 11.8 Å². The summed E-state index contributed by atoms with van der Waals surface area (Å²) in [6.07, 6.45) is 1.90. The van der Waals surface area contributed by atoms with Gasteiger partial charge in [0.05, 0.1) is 19.4 Å². The van der Waals surface area contributed by atoms with Crippen molar-refractivity contribution in [2.75, 3.05) is 38.8 Å². The Balaban J connectivity index is 2.13. The molecule has 1 aliphatic rings. The van der Waals surface area contributed by atoms with E-state index < -0.39 is 0 Å². The van der Waals surface area contributed by atoms with Crippen molar-refractivity contribution in [3.05, 3.63) is 29.8 Å². The Hall–Kier alpha value is -1.73. The molecule has 126 valence electrons. The van der Waals surface area contributed by atoms with E-state index in [0.717, 1.165) is 11.3 Å². The van der Waals surface area contributed by atoms with Crippen molar-refractivity contribution in [3.63, 3.8) is 0 Å². The molecule has 23 heavy (non-hydrogen) atoms. The van der Waals surface area contributed by atoms with Gasteiger partial charge in [0.15, 0.2) is 0 Å². The molecule has 1 aliphatic heterocycles. The first-order valence-electron chi connectivity index (χ1n) is 7.46. The van der Waals surface area contributed by atoms with Gasteiger partial charge in [-0.15, -0.1) is 0 Å². The van der Waals surface area contributed by atoms with Crippen LogP contribution in [0.3, 0.4) is 0 Å². The third-order valence-corrected chi connectivity index (χ3v) is 4.49. The number of thioether (sulfide) groups is 1. The summed E-state index contributed by atoms with van der Waals surface area (Å²) in [6.45, 7) is 1.53. The predicted octanol–water partition coefficient (Wildman–Crippen LogP) is 0.428. The Kier molecular flexibility index (Phi) is 6.29. The first-order valence-corrected chi connectivity index (χ1v) is 8.85. The second kappa shape index (κ2) is 8.21. The first-order chi connectivity index (χ1) is 11.0. The Morgan fingerprint density at radius 1 is 1.35 bits per heavy atom. The van der Waals surface area contributed by atoms with Gasteiger partial charge in [0.1, 0.15) is 5.75 Å². The van der Waals surface area contributed by atoms with Crippen LogP contribution in [-0.2, 0) is 9.59 Å². The van der Waals surface area contributed by atoms with E-state index >= 15 is 0 Å². The number of primary amides is 1. The van der Waals surface area contributed by atoms with Crippen molar-refractivity contribution in [3.8, 4) is 5.75 Å². The number of nitrogens with one attached hydrogen (secondary N) is 1. The van der Waals surface area contributed by atoms with Crippen LogP contribution in [0, 0.1) is 0 Å². The van der Waals surface area contributed by atoms with Gasteiger partial charge in [-0.3, -0.25) is 14.5 Å². The average molecular weight is 337 g/mol. The SMILES string of the molecule is COc1ccc([C@H]2CN(CC(N)=O)C[C@@H]2NC(=O)CSC)cc1. The fourth-order valence-corrected chi connectivity index (χ4v) is 3.29. The lowest BCUT2D eigenvalue weighted by Crippen LogP contribution is -2.41. The summed E-state index contributed by atoms with van der Waals surface area (Å²) in [6, 6.07) is 7.80. The maximum atomic E-state index is 11.9. The number of likely N-dealkylation sites (tertiary alicyclic amines) is 1. The molecule has 1 fully saturated rings. The molecule has 0 radical (unpaired) electrons. The number of methoxy groups -OCH3 is 1.